The normalized spacial score (nSPS) is 14.0. The van der Waals surface area contributed by atoms with Gasteiger partial charge in [0, 0.05) is 44.0 Å². The zero-order valence-electron chi connectivity index (χ0n) is 26.4. The maximum absolute atomic E-state index is 2.56. The van der Waals surface area contributed by atoms with Crippen LogP contribution in [-0.4, -0.2) is 9.13 Å². The van der Waals surface area contributed by atoms with E-state index in [0.717, 1.165) is 25.7 Å². The van der Waals surface area contributed by atoms with Gasteiger partial charge in [-0.15, -0.1) is 0 Å². The molecule has 0 amide bonds. The third-order valence-corrected chi connectivity index (χ3v) is 10.2. The fraction of sp³-hybridized carbons (Fsp3) is 0.136. The Kier molecular flexibility index (Phi) is 6.24. The lowest BCUT2D eigenvalue weighted by molar-refractivity contribution is 0.864. The molecule has 222 valence electrons. The second-order valence-electron chi connectivity index (χ2n) is 12.9. The molecule has 2 heterocycles. The molecule has 5 aromatic carbocycles. The number of para-hydroxylation sites is 2. The first-order chi connectivity index (χ1) is 22.7. The second-order valence-corrected chi connectivity index (χ2v) is 12.9. The maximum Gasteiger partial charge on any atom is 0.0541 e. The number of hydrogen-bond donors (Lipinski definition) is 0. The first-order valence-electron chi connectivity index (χ1n) is 16.6. The predicted molar refractivity (Wildman–Crippen MR) is 195 cm³/mol. The fourth-order valence-corrected chi connectivity index (χ4v) is 7.93. The van der Waals surface area contributed by atoms with Crippen molar-refractivity contribution in [1.29, 1.82) is 0 Å². The summed E-state index contributed by atoms with van der Waals surface area (Å²) in [5, 5.41) is 5.35. The summed E-state index contributed by atoms with van der Waals surface area (Å²) in [5.41, 5.74) is 15.8. The number of rotatable bonds is 4. The van der Waals surface area contributed by atoms with Gasteiger partial charge < -0.3 is 9.13 Å². The quantitative estimate of drug-likeness (QED) is 0.193. The number of allylic oxidation sites excluding steroid dienone is 1. The average Bonchev–Trinajstić information content (AvgIpc) is 3.62. The smallest absolute Gasteiger partial charge is 0.0541 e. The molecule has 9 rings (SSSR count). The van der Waals surface area contributed by atoms with Crippen LogP contribution in [0.2, 0.25) is 0 Å². The van der Waals surface area contributed by atoms with Gasteiger partial charge in [-0.3, -0.25) is 0 Å². The van der Waals surface area contributed by atoms with Crippen LogP contribution >= 0.6 is 0 Å². The minimum atomic E-state index is 1.02. The standard InChI is InChI=1S/C44H36N2/c1-29-12-3-4-15-35(29)39-28-34(24-22-30(39)2)46-43-21-10-7-18-38(43)40-27-32(23-25-44(40)46)31-13-11-14-33(26-31)45-41-19-8-5-16-36(41)37-17-6-9-20-42(37)45/h3-6,8-9,11-22,24,26-28H,7,10,23,25H2,1-2H3. The predicted octanol–water partition coefficient (Wildman–Crippen LogP) is 9.70. The van der Waals surface area contributed by atoms with E-state index in [0.29, 0.717) is 0 Å². The van der Waals surface area contributed by atoms with E-state index in [-0.39, 0.29) is 0 Å². The van der Waals surface area contributed by atoms with Crippen LogP contribution in [0, 0.1) is 13.8 Å². The Hall–Kier alpha value is -5.34. The van der Waals surface area contributed by atoms with Crippen molar-refractivity contribution in [2.45, 2.75) is 39.5 Å². The van der Waals surface area contributed by atoms with Gasteiger partial charge in [0.05, 0.1) is 11.0 Å². The molecule has 0 aliphatic heterocycles. The molecule has 0 spiro atoms. The van der Waals surface area contributed by atoms with Gasteiger partial charge in [0.25, 0.3) is 0 Å². The molecule has 0 unspecified atom stereocenters. The Labute approximate surface area is 269 Å². The highest BCUT2D eigenvalue weighted by atomic mass is 15.0. The number of benzene rings is 5. The monoisotopic (exact) mass is 592 g/mol. The van der Waals surface area contributed by atoms with Gasteiger partial charge in [-0.1, -0.05) is 91.0 Å². The number of fused-ring (bicyclic) bond motifs is 6. The highest BCUT2D eigenvalue weighted by molar-refractivity contribution is 6.09. The molecule has 0 saturated heterocycles. The van der Waals surface area contributed by atoms with Crippen molar-refractivity contribution in [3.8, 4) is 22.5 Å². The van der Waals surface area contributed by atoms with E-state index in [9.17, 15) is 0 Å². The lowest BCUT2D eigenvalue weighted by Gasteiger charge is -2.19. The van der Waals surface area contributed by atoms with Crippen LogP contribution in [0.15, 0.2) is 115 Å². The summed E-state index contributed by atoms with van der Waals surface area (Å²) >= 11 is 0. The van der Waals surface area contributed by atoms with E-state index in [4.69, 9.17) is 0 Å². The summed E-state index contributed by atoms with van der Waals surface area (Å²) in [7, 11) is 0. The Morgan fingerprint density at radius 3 is 2.04 bits per heavy atom. The van der Waals surface area contributed by atoms with Crippen LogP contribution in [0.25, 0.3) is 68.1 Å². The minimum Gasteiger partial charge on any atom is -0.313 e. The van der Waals surface area contributed by atoms with Crippen molar-refractivity contribution in [2.24, 2.45) is 0 Å². The maximum atomic E-state index is 2.56. The van der Waals surface area contributed by atoms with Crippen molar-refractivity contribution in [3.05, 3.63) is 154 Å². The summed E-state index contributed by atoms with van der Waals surface area (Å²) in [4.78, 5) is 0. The van der Waals surface area contributed by atoms with E-state index >= 15 is 0 Å². The highest BCUT2D eigenvalue weighted by Gasteiger charge is 2.22. The van der Waals surface area contributed by atoms with Crippen molar-refractivity contribution >= 4 is 45.6 Å². The Balaban J connectivity index is 1.19. The van der Waals surface area contributed by atoms with Crippen LogP contribution in [0.1, 0.15) is 47.2 Å². The lowest BCUT2D eigenvalue weighted by atomic mass is 9.91. The van der Waals surface area contributed by atoms with Gasteiger partial charge in [0.1, 0.15) is 0 Å². The molecule has 0 bridgehead atoms. The number of aryl methyl sites for hydroxylation is 2. The highest BCUT2D eigenvalue weighted by Crippen LogP contribution is 2.36. The third-order valence-electron chi connectivity index (χ3n) is 10.2. The molecule has 0 fully saturated rings. The van der Waals surface area contributed by atoms with E-state index in [1.54, 1.807) is 0 Å². The summed E-state index contributed by atoms with van der Waals surface area (Å²) < 4.78 is 4.98. The first kappa shape index (κ1) is 27.0. The Bertz CT molecular complexity index is 2440. The van der Waals surface area contributed by atoms with Gasteiger partial charge in [-0.2, -0.15) is 0 Å². The molecule has 0 radical (unpaired) electrons. The van der Waals surface area contributed by atoms with E-state index in [2.05, 4.69) is 156 Å². The summed E-state index contributed by atoms with van der Waals surface area (Å²) in [6.07, 6.45) is 11.6. The van der Waals surface area contributed by atoms with E-state index in [1.165, 1.54) is 88.4 Å². The molecular formula is C44H36N2. The third kappa shape index (κ3) is 4.17. The number of aromatic nitrogens is 2. The van der Waals surface area contributed by atoms with Gasteiger partial charge >= 0.3 is 0 Å². The molecule has 0 saturated carbocycles. The summed E-state index contributed by atoms with van der Waals surface area (Å²) in [5.74, 6) is 0. The molecule has 2 nitrogen and oxygen atoms in total. The lowest BCUT2D eigenvalue weighted by Crippen LogP contribution is -2.31. The second kappa shape index (κ2) is 10.6. The first-order valence-corrected chi connectivity index (χ1v) is 16.6. The zero-order chi connectivity index (χ0) is 30.8. The van der Waals surface area contributed by atoms with Crippen LogP contribution in [0.3, 0.4) is 0 Å². The largest absolute Gasteiger partial charge is 0.313 e. The molecule has 7 aromatic rings. The molecule has 2 aromatic heterocycles. The van der Waals surface area contributed by atoms with Crippen molar-refractivity contribution in [3.63, 3.8) is 0 Å². The van der Waals surface area contributed by atoms with Crippen molar-refractivity contribution < 1.29 is 0 Å². The molecule has 2 aliphatic carbocycles. The fourth-order valence-electron chi connectivity index (χ4n) is 7.93. The van der Waals surface area contributed by atoms with Crippen LogP contribution in [0.5, 0.6) is 0 Å². The summed E-state index contributed by atoms with van der Waals surface area (Å²) in [6, 6.07) is 42.5. The Morgan fingerprint density at radius 1 is 0.543 bits per heavy atom. The van der Waals surface area contributed by atoms with E-state index < -0.39 is 0 Å². The van der Waals surface area contributed by atoms with Crippen molar-refractivity contribution in [2.75, 3.05) is 0 Å². The molecule has 0 N–H and O–H groups in total. The van der Waals surface area contributed by atoms with Gasteiger partial charge in [0.2, 0.25) is 0 Å². The molecular weight excluding hydrogens is 556 g/mol. The van der Waals surface area contributed by atoms with Crippen molar-refractivity contribution in [1.82, 2.24) is 9.13 Å². The van der Waals surface area contributed by atoms with Gasteiger partial charge in [0.15, 0.2) is 0 Å². The Morgan fingerprint density at radius 2 is 1.24 bits per heavy atom. The molecule has 46 heavy (non-hydrogen) atoms. The van der Waals surface area contributed by atoms with Crippen LogP contribution in [-0.2, 0) is 6.42 Å². The summed E-state index contributed by atoms with van der Waals surface area (Å²) in [6.45, 7) is 4.45. The average molecular weight is 593 g/mol. The zero-order valence-corrected chi connectivity index (χ0v) is 26.4. The number of hydrogen-bond acceptors (Lipinski definition) is 0. The van der Waals surface area contributed by atoms with E-state index in [1.807, 2.05) is 0 Å². The minimum absolute atomic E-state index is 1.02. The van der Waals surface area contributed by atoms with Crippen LogP contribution in [0.4, 0.5) is 0 Å². The molecule has 0 atom stereocenters. The molecule has 2 heteroatoms. The van der Waals surface area contributed by atoms with Gasteiger partial charge in [-0.05, 0) is 115 Å². The van der Waals surface area contributed by atoms with Gasteiger partial charge in [-0.25, -0.2) is 0 Å². The topological polar surface area (TPSA) is 9.86 Å². The number of nitrogens with zero attached hydrogens (tertiary/aromatic N) is 2. The SMILES string of the molecule is Cc1ccccc1-c1cc(-n2c3c(c4c2=CCCC=4)C=C(c2cccc(-n4c5ccccc5c5ccccc54)c2)CC3)ccc1C. The molecule has 2 aliphatic rings. The van der Waals surface area contributed by atoms with Crippen LogP contribution < -0.4 is 10.6 Å².